The zero-order valence-corrected chi connectivity index (χ0v) is 17.5. The Morgan fingerprint density at radius 1 is 0.839 bits per heavy atom. The van der Waals surface area contributed by atoms with Crippen molar-refractivity contribution in [3.8, 4) is 39.5 Å². The zero-order valence-electron chi connectivity index (χ0n) is 16.0. The van der Waals surface area contributed by atoms with E-state index in [-0.39, 0.29) is 5.82 Å². The van der Waals surface area contributed by atoms with Crippen LogP contribution in [0.4, 0.5) is 4.39 Å². The third kappa shape index (κ3) is 3.85. The summed E-state index contributed by atoms with van der Waals surface area (Å²) in [5.41, 5.74) is 4.33. The number of rotatable bonds is 4. The summed E-state index contributed by atoms with van der Waals surface area (Å²) in [4.78, 5) is 0. The molecule has 2 aromatic heterocycles. The van der Waals surface area contributed by atoms with Gasteiger partial charge in [0.1, 0.15) is 17.2 Å². The molecule has 0 aliphatic carbocycles. The van der Waals surface area contributed by atoms with Crippen LogP contribution in [0.25, 0.3) is 39.5 Å². The van der Waals surface area contributed by atoms with E-state index in [0.717, 1.165) is 16.8 Å². The van der Waals surface area contributed by atoms with E-state index < -0.39 is 0 Å². The van der Waals surface area contributed by atoms with E-state index in [4.69, 9.17) is 32.8 Å². The molecule has 0 amide bonds. The SMILES string of the molecule is Fc1ccc(-c2nn(-c3ccccc3)cc2-c2cc(-c3ccc(Cl)cc3Cl)on2)cc1. The van der Waals surface area contributed by atoms with Crippen LogP contribution in [0.3, 0.4) is 0 Å². The van der Waals surface area contributed by atoms with Gasteiger partial charge >= 0.3 is 0 Å². The Morgan fingerprint density at radius 2 is 1.61 bits per heavy atom. The van der Waals surface area contributed by atoms with Crippen molar-refractivity contribution in [2.75, 3.05) is 0 Å². The minimum Gasteiger partial charge on any atom is -0.356 e. The fourth-order valence-electron chi connectivity index (χ4n) is 3.31. The molecule has 0 spiro atoms. The van der Waals surface area contributed by atoms with Gasteiger partial charge in [-0.3, -0.25) is 0 Å². The molecule has 152 valence electrons. The molecule has 7 heteroatoms. The molecule has 0 N–H and O–H groups in total. The Kier molecular flexibility index (Phi) is 5.06. The summed E-state index contributed by atoms with van der Waals surface area (Å²) in [7, 11) is 0. The van der Waals surface area contributed by atoms with Crippen molar-refractivity contribution in [1.29, 1.82) is 0 Å². The van der Waals surface area contributed by atoms with Gasteiger partial charge < -0.3 is 4.52 Å². The Bertz CT molecular complexity index is 1360. The van der Waals surface area contributed by atoms with Crippen LogP contribution in [0.15, 0.2) is 89.6 Å². The molecule has 0 unspecified atom stereocenters. The molecule has 0 radical (unpaired) electrons. The van der Waals surface area contributed by atoms with Gasteiger partial charge in [-0.05, 0) is 54.6 Å². The van der Waals surface area contributed by atoms with Gasteiger partial charge in [-0.15, -0.1) is 0 Å². The molecule has 31 heavy (non-hydrogen) atoms. The molecule has 0 bridgehead atoms. The van der Waals surface area contributed by atoms with Crippen LogP contribution in [0, 0.1) is 5.82 Å². The third-order valence-electron chi connectivity index (χ3n) is 4.84. The van der Waals surface area contributed by atoms with Crippen molar-refractivity contribution in [1.82, 2.24) is 14.9 Å². The Balaban J connectivity index is 1.63. The Labute approximate surface area is 187 Å². The number of aromatic nitrogens is 3. The lowest BCUT2D eigenvalue weighted by molar-refractivity contribution is 0.435. The number of halogens is 3. The molecule has 5 aromatic rings. The molecule has 4 nitrogen and oxygen atoms in total. The maximum atomic E-state index is 13.5. The first-order valence-electron chi connectivity index (χ1n) is 9.42. The standard InChI is InChI=1S/C24H14Cl2FN3O/c25-16-8-11-19(21(26)12-16)23-13-22(29-31-23)20-14-30(18-4-2-1-3-5-18)28-24(20)15-6-9-17(27)10-7-15/h1-14H. The summed E-state index contributed by atoms with van der Waals surface area (Å²) in [5.74, 6) is 0.197. The fourth-order valence-corrected chi connectivity index (χ4v) is 3.82. The van der Waals surface area contributed by atoms with Crippen LogP contribution in [0.2, 0.25) is 10.0 Å². The van der Waals surface area contributed by atoms with Gasteiger partial charge in [-0.25, -0.2) is 9.07 Å². The van der Waals surface area contributed by atoms with E-state index in [1.807, 2.05) is 36.5 Å². The van der Waals surface area contributed by atoms with Crippen molar-refractivity contribution in [2.45, 2.75) is 0 Å². The average Bonchev–Trinajstić information content (AvgIpc) is 3.42. The minimum absolute atomic E-state index is 0.311. The summed E-state index contributed by atoms with van der Waals surface area (Å²) in [6.45, 7) is 0. The molecule has 5 rings (SSSR count). The lowest BCUT2D eigenvalue weighted by Gasteiger charge is -2.00. The summed E-state index contributed by atoms with van der Waals surface area (Å²) >= 11 is 12.3. The molecule has 0 fully saturated rings. The molecule has 0 aliphatic heterocycles. The average molecular weight is 450 g/mol. The highest BCUT2D eigenvalue weighted by Gasteiger charge is 2.19. The van der Waals surface area contributed by atoms with E-state index in [1.54, 1.807) is 41.1 Å². The molecule has 0 saturated heterocycles. The van der Waals surface area contributed by atoms with Gasteiger partial charge in [-0.1, -0.05) is 46.6 Å². The van der Waals surface area contributed by atoms with Gasteiger partial charge in [0.2, 0.25) is 0 Å². The Morgan fingerprint density at radius 3 is 2.35 bits per heavy atom. The van der Waals surface area contributed by atoms with Crippen molar-refractivity contribution in [3.63, 3.8) is 0 Å². The van der Waals surface area contributed by atoms with Crippen LogP contribution in [0.1, 0.15) is 0 Å². The van der Waals surface area contributed by atoms with Gasteiger partial charge in [0.15, 0.2) is 5.76 Å². The first kappa shape index (κ1) is 19.5. The van der Waals surface area contributed by atoms with Crippen molar-refractivity contribution >= 4 is 23.2 Å². The minimum atomic E-state index is -0.311. The monoisotopic (exact) mass is 449 g/mol. The van der Waals surface area contributed by atoms with Gasteiger partial charge in [0.05, 0.1) is 16.3 Å². The first-order chi connectivity index (χ1) is 15.1. The van der Waals surface area contributed by atoms with Crippen LogP contribution in [0.5, 0.6) is 0 Å². The molecular formula is C24H14Cl2FN3O. The lowest BCUT2D eigenvalue weighted by Crippen LogP contribution is -1.94. The van der Waals surface area contributed by atoms with Gasteiger partial charge in [0, 0.05) is 28.4 Å². The summed E-state index contributed by atoms with van der Waals surface area (Å²) in [6.07, 6.45) is 1.87. The molecular weight excluding hydrogens is 436 g/mol. The smallest absolute Gasteiger partial charge is 0.168 e. The number of hydrogen-bond acceptors (Lipinski definition) is 3. The normalized spacial score (nSPS) is 11.1. The molecule has 3 aromatic carbocycles. The second-order valence-electron chi connectivity index (χ2n) is 6.88. The van der Waals surface area contributed by atoms with E-state index in [9.17, 15) is 4.39 Å². The van der Waals surface area contributed by atoms with Gasteiger partial charge in [-0.2, -0.15) is 5.10 Å². The van der Waals surface area contributed by atoms with E-state index >= 15 is 0 Å². The highest BCUT2D eigenvalue weighted by molar-refractivity contribution is 6.36. The second kappa shape index (κ2) is 8.02. The fraction of sp³-hybridized carbons (Fsp3) is 0. The van der Waals surface area contributed by atoms with Crippen molar-refractivity contribution < 1.29 is 8.91 Å². The number of para-hydroxylation sites is 1. The maximum absolute atomic E-state index is 13.5. The van der Waals surface area contributed by atoms with Crippen molar-refractivity contribution in [2.24, 2.45) is 0 Å². The molecule has 0 atom stereocenters. The summed E-state index contributed by atoms with van der Waals surface area (Å²) in [6, 6.07) is 22.9. The highest BCUT2D eigenvalue weighted by Crippen LogP contribution is 2.36. The van der Waals surface area contributed by atoms with Gasteiger partial charge in [0.25, 0.3) is 0 Å². The Hall–Kier alpha value is -3.41. The number of benzene rings is 3. The zero-order chi connectivity index (χ0) is 21.4. The van der Waals surface area contributed by atoms with E-state index in [2.05, 4.69) is 5.16 Å². The first-order valence-corrected chi connectivity index (χ1v) is 10.2. The van der Waals surface area contributed by atoms with Crippen LogP contribution >= 0.6 is 23.2 Å². The third-order valence-corrected chi connectivity index (χ3v) is 5.38. The summed E-state index contributed by atoms with van der Waals surface area (Å²) < 4.78 is 20.8. The predicted molar refractivity (Wildman–Crippen MR) is 120 cm³/mol. The number of hydrogen-bond donors (Lipinski definition) is 0. The molecule has 2 heterocycles. The predicted octanol–water partition coefficient (Wildman–Crippen LogP) is 7.31. The molecule has 0 aliphatic rings. The van der Waals surface area contributed by atoms with Crippen molar-refractivity contribution in [3.05, 3.63) is 101 Å². The topological polar surface area (TPSA) is 43.9 Å². The lowest BCUT2D eigenvalue weighted by atomic mass is 10.1. The van der Waals surface area contributed by atoms with E-state index in [0.29, 0.717) is 32.8 Å². The highest BCUT2D eigenvalue weighted by atomic mass is 35.5. The quantitative estimate of drug-likeness (QED) is 0.288. The molecule has 0 saturated carbocycles. The maximum Gasteiger partial charge on any atom is 0.168 e. The van der Waals surface area contributed by atoms with E-state index in [1.165, 1.54) is 12.1 Å². The number of nitrogens with zero attached hydrogens (tertiary/aromatic N) is 3. The largest absolute Gasteiger partial charge is 0.356 e. The second-order valence-corrected chi connectivity index (χ2v) is 7.72. The van der Waals surface area contributed by atoms with Crippen LogP contribution < -0.4 is 0 Å². The van der Waals surface area contributed by atoms with Crippen LogP contribution in [-0.2, 0) is 0 Å². The van der Waals surface area contributed by atoms with Crippen LogP contribution in [-0.4, -0.2) is 14.9 Å². The summed E-state index contributed by atoms with van der Waals surface area (Å²) in [5, 5.41) is 9.98.